The Morgan fingerprint density at radius 1 is 1.00 bits per heavy atom. The molecule has 2 atom stereocenters. The van der Waals surface area contributed by atoms with E-state index in [0.29, 0.717) is 30.8 Å². The van der Waals surface area contributed by atoms with Gasteiger partial charge in [0.15, 0.2) is 6.29 Å². The van der Waals surface area contributed by atoms with Gasteiger partial charge in [0, 0.05) is 11.5 Å². The van der Waals surface area contributed by atoms with Crippen molar-refractivity contribution in [1.29, 1.82) is 0 Å². The summed E-state index contributed by atoms with van der Waals surface area (Å²) in [5.41, 5.74) is 6.56. The number of halogens is 1. The summed E-state index contributed by atoms with van der Waals surface area (Å²) in [5, 5.41) is 0. The van der Waals surface area contributed by atoms with E-state index in [-0.39, 0.29) is 30.7 Å². The minimum atomic E-state index is -0.396. The zero-order chi connectivity index (χ0) is 23.9. The van der Waals surface area contributed by atoms with Crippen LogP contribution in [0.15, 0.2) is 72.8 Å². The quantitative estimate of drug-likeness (QED) is 0.477. The summed E-state index contributed by atoms with van der Waals surface area (Å²) in [6, 6.07) is 20.0. The van der Waals surface area contributed by atoms with Crippen molar-refractivity contribution in [3.05, 3.63) is 101 Å². The third-order valence-corrected chi connectivity index (χ3v) is 7.23. The predicted molar refractivity (Wildman–Crippen MR) is 130 cm³/mol. The molecular weight excluding hydrogens is 445 g/mol. The fourth-order valence-corrected chi connectivity index (χ4v) is 5.66. The lowest BCUT2D eigenvalue weighted by Gasteiger charge is -2.44. The number of aldehydes is 1. The summed E-state index contributed by atoms with van der Waals surface area (Å²) in [5.74, 6) is -0.410. The van der Waals surface area contributed by atoms with Crippen LogP contribution in [-0.4, -0.2) is 49.2 Å². The van der Waals surface area contributed by atoms with Crippen molar-refractivity contribution in [2.75, 3.05) is 19.8 Å². The van der Waals surface area contributed by atoms with Crippen LogP contribution >= 0.6 is 0 Å². The number of morpholine rings is 1. The molecule has 3 aromatic rings. The summed E-state index contributed by atoms with van der Waals surface area (Å²) < 4.78 is 25.6. The second kappa shape index (κ2) is 8.78. The van der Waals surface area contributed by atoms with E-state index in [2.05, 4.69) is 24.3 Å². The highest BCUT2D eigenvalue weighted by molar-refractivity contribution is 5.87. The second-order valence-corrected chi connectivity index (χ2v) is 9.22. The Morgan fingerprint density at radius 2 is 1.71 bits per heavy atom. The smallest absolute Gasteiger partial charge is 0.410 e. The molecular formula is C29H24FNO4. The number of rotatable bonds is 4. The standard InChI is InChI=1S/C29H24FNO4/c30-20-10-9-18(14-32)27(13-20)19-11-21-15-34-16-22(12-19)31(21)29(33)35-17-28-25-7-3-1-5-23(25)24-6-2-4-8-26(24)28/h1-11,13-14,21-22,28H,12,15-17H2. The van der Waals surface area contributed by atoms with Crippen LogP contribution in [0, 0.1) is 5.82 Å². The van der Waals surface area contributed by atoms with Gasteiger partial charge in [0.2, 0.25) is 0 Å². The molecule has 1 saturated heterocycles. The molecule has 0 N–H and O–H groups in total. The molecule has 0 saturated carbocycles. The molecule has 2 bridgehead atoms. The molecule has 3 aliphatic rings. The van der Waals surface area contributed by atoms with Crippen LogP contribution in [-0.2, 0) is 9.47 Å². The molecule has 2 heterocycles. The first-order valence-corrected chi connectivity index (χ1v) is 11.8. The molecule has 0 spiro atoms. The molecule has 6 rings (SSSR count). The van der Waals surface area contributed by atoms with Gasteiger partial charge in [-0.05, 0) is 58.0 Å². The zero-order valence-corrected chi connectivity index (χ0v) is 19.0. The molecule has 6 heteroatoms. The van der Waals surface area contributed by atoms with Gasteiger partial charge in [-0.15, -0.1) is 0 Å². The number of nitrogens with zero attached hydrogens (tertiary/aromatic N) is 1. The highest BCUT2D eigenvalue weighted by atomic mass is 19.1. The van der Waals surface area contributed by atoms with Gasteiger partial charge in [-0.2, -0.15) is 0 Å². The van der Waals surface area contributed by atoms with Crippen molar-refractivity contribution >= 4 is 18.0 Å². The predicted octanol–water partition coefficient (Wildman–Crippen LogP) is 5.44. The van der Waals surface area contributed by atoms with Gasteiger partial charge in [-0.1, -0.05) is 54.6 Å². The third kappa shape index (κ3) is 3.74. The highest BCUT2D eigenvalue weighted by Crippen LogP contribution is 2.44. The Balaban J connectivity index is 1.24. The third-order valence-electron chi connectivity index (χ3n) is 7.23. The monoisotopic (exact) mass is 469 g/mol. The maximum Gasteiger partial charge on any atom is 0.410 e. The molecule has 2 unspecified atom stereocenters. The van der Waals surface area contributed by atoms with Crippen LogP contribution in [0.2, 0.25) is 0 Å². The normalized spacial score (nSPS) is 20.6. The van der Waals surface area contributed by atoms with E-state index in [9.17, 15) is 14.0 Å². The molecule has 3 aromatic carbocycles. The molecule has 2 aliphatic heterocycles. The number of carbonyl (C=O) groups excluding carboxylic acids is 2. The second-order valence-electron chi connectivity index (χ2n) is 9.22. The van der Waals surface area contributed by atoms with Crippen molar-refractivity contribution in [3.63, 3.8) is 0 Å². The molecule has 0 radical (unpaired) electrons. The Labute approximate surface area is 202 Å². The van der Waals surface area contributed by atoms with E-state index in [1.807, 2.05) is 30.3 Å². The van der Waals surface area contributed by atoms with Crippen LogP contribution in [0.25, 0.3) is 16.7 Å². The van der Waals surface area contributed by atoms with Gasteiger partial charge < -0.3 is 9.47 Å². The maximum absolute atomic E-state index is 13.9. The van der Waals surface area contributed by atoms with Crippen molar-refractivity contribution in [2.45, 2.75) is 24.4 Å². The Kier molecular flexibility index (Phi) is 5.46. The maximum atomic E-state index is 13.9. The average Bonchev–Trinajstić information content (AvgIpc) is 3.20. The number of ether oxygens (including phenoxy) is 2. The first-order valence-electron chi connectivity index (χ1n) is 11.8. The Hall–Kier alpha value is -3.77. The van der Waals surface area contributed by atoms with E-state index in [4.69, 9.17) is 9.47 Å². The molecule has 176 valence electrons. The van der Waals surface area contributed by atoms with Gasteiger partial charge >= 0.3 is 6.09 Å². The van der Waals surface area contributed by atoms with Gasteiger partial charge in [-0.25, -0.2) is 9.18 Å². The lowest BCUT2D eigenvalue weighted by molar-refractivity contribution is -0.0331. The summed E-state index contributed by atoms with van der Waals surface area (Å²) in [4.78, 5) is 26.6. The van der Waals surface area contributed by atoms with Gasteiger partial charge in [0.25, 0.3) is 0 Å². The number of fused-ring (bicyclic) bond motifs is 5. The Morgan fingerprint density at radius 3 is 2.40 bits per heavy atom. The van der Waals surface area contributed by atoms with Crippen molar-refractivity contribution < 1.29 is 23.5 Å². The number of hydrogen-bond acceptors (Lipinski definition) is 4. The lowest BCUT2D eigenvalue weighted by Crippen LogP contribution is -2.56. The van der Waals surface area contributed by atoms with Crippen LogP contribution in [0.5, 0.6) is 0 Å². The minimum Gasteiger partial charge on any atom is -0.448 e. The first kappa shape index (κ1) is 21.7. The van der Waals surface area contributed by atoms with Crippen LogP contribution in [0.3, 0.4) is 0 Å². The van der Waals surface area contributed by atoms with Crippen molar-refractivity contribution in [3.8, 4) is 11.1 Å². The molecule has 5 nitrogen and oxygen atoms in total. The van der Waals surface area contributed by atoms with Crippen molar-refractivity contribution in [1.82, 2.24) is 4.90 Å². The average molecular weight is 470 g/mol. The fourth-order valence-electron chi connectivity index (χ4n) is 5.66. The van der Waals surface area contributed by atoms with Gasteiger partial charge in [-0.3, -0.25) is 9.69 Å². The Bertz CT molecular complexity index is 1300. The number of amides is 1. The summed E-state index contributed by atoms with van der Waals surface area (Å²) in [7, 11) is 0. The van der Waals surface area contributed by atoms with E-state index < -0.39 is 5.82 Å². The summed E-state index contributed by atoms with van der Waals surface area (Å²) >= 11 is 0. The molecule has 1 fully saturated rings. The molecule has 1 amide bonds. The molecule has 0 aromatic heterocycles. The zero-order valence-electron chi connectivity index (χ0n) is 19.0. The van der Waals surface area contributed by atoms with Crippen LogP contribution < -0.4 is 0 Å². The minimum absolute atomic E-state index is 0.0132. The van der Waals surface area contributed by atoms with E-state index in [1.165, 1.54) is 40.5 Å². The lowest BCUT2D eigenvalue weighted by atomic mass is 9.88. The highest BCUT2D eigenvalue weighted by Gasteiger charge is 2.40. The summed E-state index contributed by atoms with van der Waals surface area (Å²) in [6.07, 6.45) is 2.72. The van der Waals surface area contributed by atoms with Crippen LogP contribution in [0.1, 0.15) is 39.4 Å². The largest absolute Gasteiger partial charge is 0.448 e. The van der Waals surface area contributed by atoms with E-state index in [1.54, 1.807) is 4.90 Å². The number of hydrogen-bond donors (Lipinski definition) is 0. The SMILES string of the molecule is O=Cc1ccc(F)cc1C1=CC2COCC(C1)N2C(=O)OCC1c2ccccc2-c2ccccc21. The van der Waals surface area contributed by atoms with E-state index >= 15 is 0 Å². The van der Waals surface area contributed by atoms with Gasteiger partial charge in [0.1, 0.15) is 12.4 Å². The number of carbonyl (C=O) groups is 2. The fraction of sp³-hybridized carbons (Fsp3) is 0.241. The van der Waals surface area contributed by atoms with Crippen molar-refractivity contribution in [2.24, 2.45) is 0 Å². The molecule has 35 heavy (non-hydrogen) atoms. The first-order chi connectivity index (χ1) is 17.1. The van der Waals surface area contributed by atoms with Crippen LogP contribution in [0.4, 0.5) is 9.18 Å². The topological polar surface area (TPSA) is 55.8 Å². The molecule has 1 aliphatic carbocycles. The number of benzene rings is 3. The van der Waals surface area contributed by atoms with E-state index in [0.717, 1.165) is 11.9 Å². The van der Waals surface area contributed by atoms with Gasteiger partial charge in [0.05, 0.1) is 25.3 Å². The summed E-state index contributed by atoms with van der Waals surface area (Å²) in [6.45, 7) is 0.944.